The van der Waals surface area contributed by atoms with Crippen molar-refractivity contribution in [2.24, 2.45) is 0 Å². The maximum absolute atomic E-state index is 11.9. The molecule has 2 aromatic rings. The SMILES string of the molecule is COC[C@](C)(OC[C@H]1O[C@@H](c2ccc3c(NC4CCCC4)nc(Cl)nn23)[C@H](O)[C@@H]1O)P(=O)(O)O. The molecular weight excluding hydrogens is 491 g/mol. The summed E-state index contributed by atoms with van der Waals surface area (Å²) in [6.07, 6.45) is -0.376. The molecule has 190 valence electrons. The Morgan fingerprint density at radius 1 is 1.29 bits per heavy atom. The molecule has 2 aromatic heterocycles. The standard InChI is InChI=1S/C20H30ClN4O8P/c1-20(10-31-2,34(28,29)30)32-9-14-15(26)16(27)17(33-14)12-7-8-13-18(22-11-5-3-4-6-11)23-19(21)24-25(12)13/h7-8,11,14-17,26-27H,3-6,9-10H2,1-2H3,(H,22,23,24)(H2,28,29,30)/t14-,15-,16-,17+,20-/m1/s1. The average Bonchev–Trinajstić information content (AvgIpc) is 3.48. The predicted octanol–water partition coefficient (Wildman–Crippen LogP) is 1.46. The van der Waals surface area contributed by atoms with E-state index in [-0.39, 0.29) is 18.5 Å². The molecule has 12 nitrogen and oxygen atoms in total. The van der Waals surface area contributed by atoms with Crippen molar-refractivity contribution in [1.29, 1.82) is 0 Å². The van der Waals surface area contributed by atoms with Crippen LogP contribution in [0.15, 0.2) is 12.1 Å². The summed E-state index contributed by atoms with van der Waals surface area (Å²) in [6, 6.07) is 3.77. The van der Waals surface area contributed by atoms with Gasteiger partial charge in [-0.3, -0.25) is 4.57 Å². The third kappa shape index (κ3) is 4.97. The van der Waals surface area contributed by atoms with Gasteiger partial charge in [-0.25, -0.2) is 4.52 Å². The molecule has 0 amide bonds. The maximum atomic E-state index is 11.9. The molecule has 5 N–H and O–H groups in total. The summed E-state index contributed by atoms with van der Waals surface area (Å²) in [5.41, 5.74) is 1.09. The number of ether oxygens (including phenoxy) is 3. The summed E-state index contributed by atoms with van der Waals surface area (Å²) < 4.78 is 29.6. The van der Waals surface area contributed by atoms with Gasteiger partial charge in [0.05, 0.1) is 18.9 Å². The van der Waals surface area contributed by atoms with E-state index in [0.717, 1.165) is 25.7 Å². The fraction of sp³-hybridized carbons (Fsp3) is 0.700. The first-order valence-corrected chi connectivity index (χ1v) is 13.0. The largest absolute Gasteiger partial charge is 0.387 e. The molecule has 0 unspecified atom stereocenters. The molecule has 5 atom stereocenters. The molecule has 1 aliphatic carbocycles. The molecule has 1 saturated heterocycles. The van der Waals surface area contributed by atoms with Gasteiger partial charge in [-0.05, 0) is 43.5 Å². The first-order valence-electron chi connectivity index (χ1n) is 11.1. The first-order chi connectivity index (χ1) is 16.0. The van der Waals surface area contributed by atoms with Crippen LogP contribution in [0.5, 0.6) is 0 Å². The molecule has 1 aliphatic heterocycles. The summed E-state index contributed by atoms with van der Waals surface area (Å²) in [5.74, 6) is 0.572. The van der Waals surface area contributed by atoms with Gasteiger partial charge in [0.15, 0.2) is 11.2 Å². The van der Waals surface area contributed by atoms with E-state index in [1.54, 1.807) is 12.1 Å². The molecule has 0 bridgehead atoms. The van der Waals surface area contributed by atoms with E-state index < -0.39 is 37.4 Å². The number of rotatable bonds is 9. The van der Waals surface area contributed by atoms with Crippen molar-refractivity contribution in [2.75, 3.05) is 25.6 Å². The number of fused-ring (bicyclic) bond motifs is 1. The highest BCUT2D eigenvalue weighted by Gasteiger charge is 2.49. The number of hydrogen-bond acceptors (Lipinski definition) is 9. The van der Waals surface area contributed by atoms with E-state index in [9.17, 15) is 24.6 Å². The summed E-state index contributed by atoms with van der Waals surface area (Å²) in [7, 11) is -3.42. The number of methoxy groups -OCH3 is 1. The lowest BCUT2D eigenvalue weighted by Gasteiger charge is -2.31. The van der Waals surface area contributed by atoms with Gasteiger partial charge >= 0.3 is 7.60 Å². The molecule has 0 radical (unpaired) electrons. The lowest BCUT2D eigenvalue weighted by atomic mass is 10.1. The van der Waals surface area contributed by atoms with E-state index in [2.05, 4.69) is 15.4 Å². The Hall–Kier alpha value is -1.34. The fourth-order valence-corrected chi connectivity index (χ4v) is 5.15. The second-order valence-electron chi connectivity index (χ2n) is 8.95. The Bertz CT molecular complexity index is 1060. The van der Waals surface area contributed by atoms with Crippen LogP contribution in [0, 0.1) is 0 Å². The average molecular weight is 521 g/mol. The molecule has 4 rings (SSSR count). The topological polar surface area (TPSA) is 168 Å². The van der Waals surface area contributed by atoms with E-state index in [4.69, 9.17) is 25.8 Å². The molecule has 2 fully saturated rings. The fourth-order valence-electron chi connectivity index (χ4n) is 4.45. The first kappa shape index (κ1) is 25.7. The minimum Gasteiger partial charge on any atom is -0.387 e. The number of nitrogens with one attached hydrogen (secondary N) is 1. The molecule has 34 heavy (non-hydrogen) atoms. The third-order valence-corrected chi connectivity index (χ3v) is 8.10. The van der Waals surface area contributed by atoms with Crippen LogP contribution in [0.1, 0.15) is 44.4 Å². The summed E-state index contributed by atoms with van der Waals surface area (Å²) in [4.78, 5) is 23.6. The number of halogens is 1. The van der Waals surface area contributed by atoms with Crippen molar-refractivity contribution < 1.29 is 38.8 Å². The van der Waals surface area contributed by atoms with Crippen molar-refractivity contribution in [3.63, 3.8) is 0 Å². The van der Waals surface area contributed by atoms with Gasteiger partial charge in [0.25, 0.3) is 0 Å². The second-order valence-corrected chi connectivity index (χ2v) is 11.3. The lowest BCUT2D eigenvalue weighted by molar-refractivity contribution is -0.0979. The van der Waals surface area contributed by atoms with Crippen molar-refractivity contribution in [3.8, 4) is 0 Å². The Balaban J connectivity index is 1.55. The summed E-state index contributed by atoms with van der Waals surface area (Å²) in [6.45, 7) is 0.458. The van der Waals surface area contributed by atoms with Gasteiger partial charge in [-0.2, -0.15) is 4.98 Å². The number of aromatic nitrogens is 3. The number of hydrogen-bond donors (Lipinski definition) is 5. The van der Waals surface area contributed by atoms with E-state index in [1.165, 1.54) is 18.5 Å². The van der Waals surface area contributed by atoms with Gasteiger partial charge in [0.2, 0.25) is 5.28 Å². The highest BCUT2D eigenvalue weighted by atomic mass is 35.5. The van der Waals surface area contributed by atoms with Crippen LogP contribution in [0.2, 0.25) is 5.28 Å². The van der Waals surface area contributed by atoms with Gasteiger partial charge in [-0.1, -0.05) is 12.8 Å². The van der Waals surface area contributed by atoms with Crippen molar-refractivity contribution in [2.45, 2.75) is 68.4 Å². The van der Waals surface area contributed by atoms with Crippen molar-refractivity contribution in [1.82, 2.24) is 14.6 Å². The van der Waals surface area contributed by atoms with Crippen LogP contribution in [-0.2, 0) is 18.8 Å². The van der Waals surface area contributed by atoms with Crippen molar-refractivity contribution in [3.05, 3.63) is 23.1 Å². The Labute approximate surface area is 201 Å². The number of aliphatic hydroxyl groups is 2. The molecule has 14 heteroatoms. The second kappa shape index (κ2) is 9.96. The Morgan fingerprint density at radius 2 is 2.00 bits per heavy atom. The number of aliphatic hydroxyl groups excluding tert-OH is 2. The quantitative estimate of drug-likeness (QED) is 0.303. The maximum Gasteiger partial charge on any atom is 0.359 e. The van der Waals surface area contributed by atoms with E-state index in [0.29, 0.717) is 23.1 Å². The predicted molar refractivity (Wildman–Crippen MR) is 122 cm³/mol. The number of anilines is 1. The summed E-state index contributed by atoms with van der Waals surface area (Å²) >= 11 is 6.17. The molecule has 0 aromatic carbocycles. The van der Waals surface area contributed by atoms with Gasteiger partial charge in [0, 0.05) is 13.2 Å². The van der Waals surface area contributed by atoms with Crippen LogP contribution >= 0.6 is 19.2 Å². The van der Waals surface area contributed by atoms with Gasteiger partial charge in [0.1, 0.15) is 29.9 Å². The zero-order valence-corrected chi connectivity index (χ0v) is 20.5. The van der Waals surface area contributed by atoms with Gasteiger partial charge in [-0.15, -0.1) is 5.10 Å². The highest BCUT2D eigenvalue weighted by Crippen LogP contribution is 2.51. The van der Waals surface area contributed by atoms with Crippen LogP contribution in [0.3, 0.4) is 0 Å². The van der Waals surface area contributed by atoms with E-state index >= 15 is 0 Å². The van der Waals surface area contributed by atoms with Crippen LogP contribution in [0.25, 0.3) is 5.52 Å². The molecule has 1 saturated carbocycles. The monoisotopic (exact) mass is 520 g/mol. The van der Waals surface area contributed by atoms with Crippen LogP contribution in [-0.4, -0.2) is 84.6 Å². The zero-order valence-electron chi connectivity index (χ0n) is 18.9. The third-order valence-electron chi connectivity index (χ3n) is 6.45. The highest BCUT2D eigenvalue weighted by molar-refractivity contribution is 7.53. The van der Waals surface area contributed by atoms with E-state index in [1.807, 2.05) is 0 Å². The molecule has 0 spiro atoms. The van der Waals surface area contributed by atoms with Crippen LogP contribution in [0.4, 0.5) is 5.82 Å². The lowest BCUT2D eigenvalue weighted by Crippen LogP contribution is -2.40. The van der Waals surface area contributed by atoms with Gasteiger partial charge < -0.3 is 39.5 Å². The molecule has 3 heterocycles. The smallest absolute Gasteiger partial charge is 0.359 e. The number of nitrogens with zero attached hydrogens (tertiary/aromatic N) is 3. The summed E-state index contributed by atoms with van der Waals surface area (Å²) in [5, 5.41) is 27.0. The normalized spacial score (nSPS) is 28.0. The van der Waals surface area contributed by atoms with Crippen LogP contribution < -0.4 is 5.32 Å². The Morgan fingerprint density at radius 3 is 2.65 bits per heavy atom. The minimum atomic E-state index is -4.71. The minimum absolute atomic E-state index is 0.00958. The molecule has 2 aliphatic rings. The zero-order chi connectivity index (χ0) is 24.7. The Kier molecular flexibility index (Phi) is 7.54. The van der Waals surface area contributed by atoms with Crippen molar-refractivity contribution >= 4 is 30.5 Å². The molecular formula is C20H30ClN4O8P.